The number of pyridine rings is 1. The van der Waals surface area contributed by atoms with Crippen LogP contribution in [0.2, 0.25) is 0 Å². The molecule has 1 amide bonds. The van der Waals surface area contributed by atoms with Crippen molar-refractivity contribution in [3.8, 4) is 0 Å². The summed E-state index contributed by atoms with van der Waals surface area (Å²) in [6, 6.07) is 11.2. The highest BCUT2D eigenvalue weighted by Gasteiger charge is 2.73. The minimum Gasteiger partial charge on any atom is -0.349 e. The van der Waals surface area contributed by atoms with Gasteiger partial charge in [0.1, 0.15) is 22.2 Å². The van der Waals surface area contributed by atoms with Gasteiger partial charge in [-0.05, 0) is 60.0 Å². The second-order valence-electron chi connectivity index (χ2n) is 11.3. The number of alkyl halides is 6. The summed E-state index contributed by atoms with van der Waals surface area (Å²) in [5.74, 6) is -4.18. The lowest BCUT2D eigenvalue weighted by Gasteiger charge is -2.38. The molecule has 0 bridgehead atoms. The summed E-state index contributed by atoms with van der Waals surface area (Å²) < 4.78 is 160. The summed E-state index contributed by atoms with van der Waals surface area (Å²) in [5.41, 5.74) is -7.59. The first-order chi connectivity index (χ1) is 22.9. The maximum absolute atomic E-state index is 14.5. The SMILES string of the molecule is O=C(Cc1cccnc1)N1CCC(c2ccc(C(OCc3c(F)cccc3F)(C(F)(F)F)C(F)(F)F)cc2)(S(=O)(=O)c2ccc(F)cc2)C1. The molecule has 260 valence electrons. The molecule has 1 aromatic heterocycles. The summed E-state index contributed by atoms with van der Waals surface area (Å²) in [4.78, 5) is 17.9. The largest absolute Gasteiger partial charge is 0.430 e. The Labute approximate surface area is 274 Å². The fourth-order valence-electron chi connectivity index (χ4n) is 5.83. The van der Waals surface area contributed by atoms with Gasteiger partial charge in [-0.2, -0.15) is 26.3 Å². The van der Waals surface area contributed by atoms with E-state index in [2.05, 4.69) is 9.72 Å². The van der Waals surface area contributed by atoms with Crippen molar-refractivity contribution >= 4 is 15.7 Å². The van der Waals surface area contributed by atoms with Gasteiger partial charge < -0.3 is 9.64 Å². The van der Waals surface area contributed by atoms with Crippen LogP contribution in [0.3, 0.4) is 0 Å². The van der Waals surface area contributed by atoms with Crippen LogP contribution in [0.15, 0.2) is 96.2 Å². The number of carbonyl (C=O) groups is 1. The van der Waals surface area contributed by atoms with Crippen LogP contribution >= 0.6 is 0 Å². The molecule has 1 fully saturated rings. The van der Waals surface area contributed by atoms with Crippen LogP contribution in [0, 0.1) is 17.5 Å². The van der Waals surface area contributed by atoms with Gasteiger partial charge in [-0.15, -0.1) is 0 Å². The van der Waals surface area contributed by atoms with Gasteiger partial charge in [0, 0.05) is 36.6 Å². The van der Waals surface area contributed by atoms with Gasteiger partial charge in [0.05, 0.1) is 17.9 Å². The van der Waals surface area contributed by atoms with E-state index < -0.39 is 85.1 Å². The average Bonchev–Trinajstić information content (AvgIpc) is 3.50. The summed E-state index contributed by atoms with van der Waals surface area (Å²) in [6.07, 6.45) is -10.1. The van der Waals surface area contributed by atoms with Gasteiger partial charge in [0.2, 0.25) is 5.91 Å². The van der Waals surface area contributed by atoms with Crippen molar-refractivity contribution in [3.05, 3.63) is 131 Å². The van der Waals surface area contributed by atoms with E-state index in [4.69, 9.17) is 0 Å². The molecule has 0 N–H and O–H groups in total. The second kappa shape index (κ2) is 13.1. The van der Waals surface area contributed by atoms with Crippen molar-refractivity contribution in [2.24, 2.45) is 0 Å². The minimum atomic E-state index is -6.23. The molecule has 1 aliphatic heterocycles. The zero-order chi connectivity index (χ0) is 35.8. The Morgan fingerprint density at radius 3 is 2.00 bits per heavy atom. The number of nitrogens with zero attached hydrogens (tertiary/aromatic N) is 2. The number of sulfone groups is 1. The number of ether oxygens (including phenoxy) is 1. The van der Waals surface area contributed by atoms with E-state index in [1.54, 1.807) is 12.1 Å². The zero-order valence-corrected chi connectivity index (χ0v) is 25.8. The number of amides is 1. The molecule has 49 heavy (non-hydrogen) atoms. The number of likely N-dealkylation sites (tertiary alicyclic amines) is 1. The molecule has 0 saturated carbocycles. The third kappa shape index (κ3) is 6.50. The maximum atomic E-state index is 14.5. The molecule has 2 heterocycles. The third-order valence-corrected chi connectivity index (χ3v) is 10.9. The van der Waals surface area contributed by atoms with E-state index in [-0.39, 0.29) is 24.9 Å². The number of benzene rings is 3. The smallest absolute Gasteiger partial charge is 0.349 e. The Morgan fingerprint density at radius 2 is 1.45 bits per heavy atom. The molecular formula is C33H25F9N2O4S. The van der Waals surface area contributed by atoms with E-state index in [9.17, 15) is 52.7 Å². The summed E-state index contributed by atoms with van der Waals surface area (Å²) in [5, 5.41) is 0. The lowest BCUT2D eigenvalue weighted by atomic mass is 9.88. The number of rotatable bonds is 9. The molecule has 1 saturated heterocycles. The van der Waals surface area contributed by atoms with E-state index in [1.807, 2.05) is 0 Å². The van der Waals surface area contributed by atoms with E-state index in [0.717, 1.165) is 42.5 Å². The predicted molar refractivity (Wildman–Crippen MR) is 156 cm³/mol. The van der Waals surface area contributed by atoms with Gasteiger partial charge in [0.25, 0.3) is 5.60 Å². The topological polar surface area (TPSA) is 76.6 Å². The summed E-state index contributed by atoms with van der Waals surface area (Å²) >= 11 is 0. The van der Waals surface area contributed by atoms with E-state index >= 15 is 0 Å². The van der Waals surface area contributed by atoms with Crippen LogP contribution in [-0.4, -0.2) is 49.7 Å². The van der Waals surface area contributed by atoms with Crippen molar-refractivity contribution in [1.82, 2.24) is 9.88 Å². The Bertz CT molecular complexity index is 1880. The fraction of sp³-hybridized carbons (Fsp3) is 0.273. The lowest BCUT2D eigenvalue weighted by Crippen LogP contribution is -2.56. The molecule has 1 atom stereocenters. The van der Waals surface area contributed by atoms with Crippen LogP contribution in [0.5, 0.6) is 0 Å². The first-order valence-electron chi connectivity index (χ1n) is 14.4. The molecule has 5 rings (SSSR count). The first-order valence-corrected chi connectivity index (χ1v) is 15.9. The van der Waals surface area contributed by atoms with Crippen LogP contribution in [0.25, 0.3) is 0 Å². The third-order valence-electron chi connectivity index (χ3n) is 8.41. The number of hydrogen-bond donors (Lipinski definition) is 0. The number of aromatic nitrogens is 1. The zero-order valence-electron chi connectivity index (χ0n) is 25.0. The van der Waals surface area contributed by atoms with Crippen molar-refractivity contribution in [2.75, 3.05) is 13.1 Å². The van der Waals surface area contributed by atoms with Crippen LogP contribution in [0.4, 0.5) is 39.5 Å². The lowest BCUT2D eigenvalue weighted by molar-refractivity contribution is -0.392. The molecule has 16 heteroatoms. The number of hydrogen-bond acceptors (Lipinski definition) is 5. The molecule has 1 unspecified atom stereocenters. The van der Waals surface area contributed by atoms with Crippen molar-refractivity contribution in [2.45, 2.75) is 47.0 Å². The van der Waals surface area contributed by atoms with Gasteiger partial charge in [-0.25, -0.2) is 21.6 Å². The predicted octanol–water partition coefficient (Wildman–Crippen LogP) is 7.18. The molecule has 0 spiro atoms. The fourth-order valence-corrected chi connectivity index (χ4v) is 7.91. The molecule has 6 nitrogen and oxygen atoms in total. The normalized spacial score (nSPS) is 17.4. The monoisotopic (exact) mass is 716 g/mol. The van der Waals surface area contributed by atoms with E-state index in [1.165, 1.54) is 17.3 Å². The molecule has 0 radical (unpaired) electrons. The Kier molecular flexibility index (Phi) is 9.60. The summed E-state index contributed by atoms with van der Waals surface area (Å²) in [7, 11) is -4.60. The second-order valence-corrected chi connectivity index (χ2v) is 13.6. The molecule has 4 aromatic rings. The van der Waals surface area contributed by atoms with Crippen LogP contribution in [-0.2, 0) is 42.7 Å². The number of halogens is 9. The molecule has 0 aliphatic carbocycles. The Morgan fingerprint density at radius 1 is 0.837 bits per heavy atom. The summed E-state index contributed by atoms with van der Waals surface area (Å²) in [6.45, 7) is -2.47. The highest BCUT2D eigenvalue weighted by molar-refractivity contribution is 7.92. The average molecular weight is 717 g/mol. The van der Waals surface area contributed by atoms with Gasteiger partial charge in [-0.1, -0.05) is 36.4 Å². The Balaban J connectivity index is 1.59. The molecule has 1 aliphatic rings. The van der Waals surface area contributed by atoms with Crippen molar-refractivity contribution in [3.63, 3.8) is 0 Å². The molecular weight excluding hydrogens is 691 g/mol. The Hall–Kier alpha value is -4.44. The standard InChI is InChI=1S/C33H25F9N2O4S/c34-24-10-12-25(13-11-24)49(46,47)30(14-16-44(20-30)29(45)17-21-3-2-15-43-18-21)22-6-8-23(9-7-22)31(32(37,38)39,33(40,41)42)48-19-26-27(35)4-1-5-28(26)36/h1-13,15,18H,14,16-17,19-20H2. The van der Waals surface area contributed by atoms with Gasteiger partial charge >= 0.3 is 12.4 Å². The molecule has 3 aromatic carbocycles. The highest BCUT2D eigenvalue weighted by atomic mass is 32.2. The number of carbonyl (C=O) groups excluding carboxylic acids is 1. The van der Waals surface area contributed by atoms with Crippen molar-refractivity contribution < 1.29 is 57.5 Å². The van der Waals surface area contributed by atoms with Crippen LogP contribution in [0.1, 0.15) is 28.7 Å². The first kappa shape index (κ1) is 35.9. The minimum absolute atomic E-state index is 0.159. The van der Waals surface area contributed by atoms with E-state index in [0.29, 0.717) is 29.8 Å². The maximum Gasteiger partial charge on any atom is 0.430 e. The van der Waals surface area contributed by atoms with Gasteiger partial charge in [0.15, 0.2) is 9.84 Å². The highest BCUT2D eigenvalue weighted by Crippen LogP contribution is 2.54. The van der Waals surface area contributed by atoms with Gasteiger partial charge in [-0.3, -0.25) is 9.78 Å². The van der Waals surface area contributed by atoms with Crippen molar-refractivity contribution in [1.29, 1.82) is 0 Å². The van der Waals surface area contributed by atoms with Crippen LogP contribution < -0.4 is 0 Å². The quantitative estimate of drug-likeness (QED) is 0.136.